The lowest BCUT2D eigenvalue weighted by molar-refractivity contribution is 0.0671. The number of halogens is 2. The van der Waals surface area contributed by atoms with Crippen molar-refractivity contribution in [3.8, 4) is 6.07 Å². The number of hydrogen-bond donors (Lipinski definition) is 1. The Bertz CT molecular complexity index is 461. The van der Waals surface area contributed by atoms with Gasteiger partial charge in [0.2, 0.25) is 0 Å². The van der Waals surface area contributed by atoms with Crippen molar-refractivity contribution in [2.75, 3.05) is 0 Å². The zero-order chi connectivity index (χ0) is 12.5. The summed E-state index contributed by atoms with van der Waals surface area (Å²) in [5, 5.41) is 20.5. The lowest BCUT2D eigenvalue weighted by Crippen LogP contribution is -2.23. The third-order valence-electron chi connectivity index (χ3n) is 3.50. The number of nitriles is 1. The van der Waals surface area contributed by atoms with Crippen LogP contribution in [-0.2, 0) is 0 Å². The number of benzene rings is 1. The van der Waals surface area contributed by atoms with Crippen molar-refractivity contribution >= 4 is 23.2 Å². The molecule has 17 heavy (non-hydrogen) atoms. The minimum absolute atomic E-state index is 0.411. The molecule has 1 aliphatic rings. The summed E-state index contributed by atoms with van der Waals surface area (Å²) in [6.45, 7) is 0. The molecule has 1 unspecified atom stereocenters. The molecule has 0 saturated heterocycles. The molecular formula is C13H13Cl2NO. The Labute approximate surface area is 111 Å². The molecule has 2 nitrogen and oxygen atoms in total. The van der Waals surface area contributed by atoms with Crippen molar-refractivity contribution in [3.05, 3.63) is 33.8 Å². The molecule has 1 fully saturated rings. The van der Waals surface area contributed by atoms with Gasteiger partial charge in [-0.3, -0.25) is 0 Å². The van der Waals surface area contributed by atoms with Gasteiger partial charge in [0.25, 0.3) is 0 Å². The zero-order valence-electron chi connectivity index (χ0n) is 9.29. The molecule has 4 heteroatoms. The first-order valence-electron chi connectivity index (χ1n) is 5.63. The first-order chi connectivity index (χ1) is 8.09. The monoisotopic (exact) mass is 269 g/mol. The molecule has 2 rings (SSSR count). The van der Waals surface area contributed by atoms with Crippen LogP contribution in [0.1, 0.15) is 37.4 Å². The van der Waals surface area contributed by atoms with Gasteiger partial charge in [0.15, 0.2) is 0 Å². The Balaban J connectivity index is 2.33. The van der Waals surface area contributed by atoms with Crippen LogP contribution in [0.25, 0.3) is 0 Å². The smallest absolute Gasteiger partial charge is 0.0976 e. The quantitative estimate of drug-likeness (QED) is 0.878. The van der Waals surface area contributed by atoms with Crippen LogP contribution < -0.4 is 0 Å². The SMILES string of the molecule is N#CC1(C(O)c2ccc(Cl)c(Cl)c2)CCCC1. The fraction of sp³-hybridized carbons (Fsp3) is 0.462. The van der Waals surface area contributed by atoms with Gasteiger partial charge < -0.3 is 5.11 Å². The summed E-state index contributed by atoms with van der Waals surface area (Å²) in [5.41, 5.74) is 0.0137. The van der Waals surface area contributed by atoms with Gasteiger partial charge in [-0.1, -0.05) is 42.1 Å². The molecule has 1 aromatic rings. The Kier molecular flexibility index (Phi) is 3.63. The minimum Gasteiger partial charge on any atom is -0.387 e. The molecule has 1 aromatic carbocycles. The molecule has 1 N–H and O–H groups in total. The van der Waals surface area contributed by atoms with E-state index in [1.807, 2.05) is 0 Å². The lowest BCUT2D eigenvalue weighted by Gasteiger charge is -2.27. The van der Waals surface area contributed by atoms with Gasteiger partial charge in [-0.2, -0.15) is 5.26 Å². The van der Waals surface area contributed by atoms with Crippen LogP contribution in [-0.4, -0.2) is 5.11 Å². The van der Waals surface area contributed by atoms with E-state index in [2.05, 4.69) is 6.07 Å². The molecule has 1 saturated carbocycles. The fourth-order valence-electron chi connectivity index (χ4n) is 2.45. The highest BCUT2D eigenvalue weighted by molar-refractivity contribution is 6.42. The van der Waals surface area contributed by atoms with Crippen LogP contribution in [0.15, 0.2) is 18.2 Å². The van der Waals surface area contributed by atoms with Crippen molar-refractivity contribution in [2.24, 2.45) is 5.41 Å². The average molecular weight is 270 g/mol. The minimum atomic E-state index is -0.787. The van der Waals surface area contributed by atoms with E-state index in [1.54, 1.807) is 18.2 Å². The number of hydrogen-bond acceptors (Lipinski definition) is 2. The maximum Gasteiger partial charge on any atom is 0.0976 e. The third kappa shape index (κ3) is 2.28. The number of rotatable bonds is 2. The highest BCUT2D eigenvalue weighted by atomic mass is 35.5. The highest BCUT2D eigenvalue weighted by Crippen LogP contribution is 2.47. The Morgan fingerprint density at radius 1 is 1.24 bits per heavy atom. The van der Waals surface area contributed by atoms with Gasteiger partial charge >= 0.3 is 0 Å². The largest absolute Gasteiger partial charge is 0.387 e. The van der Waals surface area contributed by atoms with Crippen molar-refractivity contribution in [2.45, 2.75) is 31.8 Å². The predicted octanol–water partition coefficient (Wildman–Crippen LogP) is 4.11. The maximum atomic E-state index is 10.4. The van der Waals surface area contributed by atoms with Crippen LogP contribution in [0, 0.1) is 16.7 Å². The summed E-state index contributed by atoms with van der Waals surface area (Å²) in [7, 11) is 0. The van der Waals surface area contributed by atoms with E-state index in [-0.39, 0.29) is 0 Å². The van der Waals surface area contributed by atoms with Crippen LogP contribution in [0.3, 0.4) is 0 Å². The van der Waals surface area contributed by atoms with Gasteiger partial charge in [-0.15, -0.1) is 0 Å². The molecule has 1 aliphatic carbocycles. The van der Waals surface area contributed by atoms with Gasteiger partial charge in [0.05, 0.1) is 27.6 Å². The number of aliphatic hydroxyl groups is 1. The molecular weight excluding hydrogens is 257 g/mol. The molecule has 0 spiro atoms. The summed E-state index contributed by atoms with van der Waals surface area (Å²) in [4.78, 5) is 0. The van der Waals surface area contributed by atoms with Gasteiger partial charge in [-0.05, 0) is 30.5 Å². The lowest BCUT2D eigenvalue weighted by atomic mass is 9.79. The topological polar surface area (TPSA) is 44.0 Å². The predicted molar refractivity (Wildman–Crippen MR) is 67.9 cm³/mol. The molecule has 0 bridgehead atoms. The second kappa shape index (κ2) is 4.86. The first kappa shape index (κ1) is 12.7. The Morgan fingerprint density at radius 3 is 2.41 bits per heavy atom. The average Bonchev–Trinajstić information content (AvgIpc) is 2.81. The normalized spacial score (nSPS) is 19.9. The fourth-order valence-corrected chi connectivity index (χ4v) is 2.76. The van der Waals surface area contributed by atoms with Crippen LogP contribution in [0.5, 0.6) is 0 Å². The van der Waals surface area contributed by atoms with Gasteiger partial charge in [-0.25, -0.2) is 0 Å². The molecule has 0 heterocycles. The van der Waals surface area contributed by atoms with Crippen molar-refractivity contribution < 1.29 is 5.11 Å². The van der Waals surface area contributed by atoms with E-state index >= 15 is 0 Å². The Hall–Kier alpha value is -0.750. The summed E-state index contributed by atoms with van der Waals surface area (Å²) in [6.07, 6.45) is 2.68. The summed E-state index contributed by atoms with van der Waals surface area (Å²) < 4.78 is 0. The van der Waals surface area contributed by atoms with Crippen LogP contribution in [0.2, 0.25) is 10.0 Å². The summed E-state index contributed by atoms with van der Waals surface area (Å²) >= 11 is 11.8. The molecule has 0 radical (unpaired) electrons. The molecule has 1 atom stereocenters. The Morgan fingerprint density at radius 2 is 1.88 bits per heavy atom. The van der Waals surface area contributed by atoms with E-state index in [0.29, 0.717) is 15.6 Å². The highest BCUT2D eigenvalue weighted by Gasteiger charge is 2.41. The van der Waals surface area contributed by atoms with Gasteiger partial charge in [0.1, 0.15) is 0 Å². The molecule has 0 aliphatic heterocycles. The summed E-state index contributed by atoms with van der Waals surface area (Å²) in [6, 6.07) is 7.32. The van der Waals surface area contributed by atoms with Crippen LogP contribution >= 0.6 is 23.2 Å². The second-order valence-corrected chi connectivity index (χ2v) is 5.37. The van der Waals surface area contributed by atoms with Gasteiger partial charge in [0, 0.05) is 0 Å². The molecule has 0 amide bonds. The van der Waals surface area contributed by atoms with E-state index in [4.69, 9.17) is 23.2 Å². The van der Waals surface area contributed by atoms with E-state index in [0.717, 1.165) is 25.7 Å². The zero-order valence-corrected chi connectivity index (χ0v) is 10.8. The van der Waals surface area contributed by atoms with Crippen LogP contribution in [0.4, 0.5) is 0 Å². The van der Waals surface area contributed by atoms with E-state index in [1.165, 1.54) is 0 Å². The second-order valence-electron chi connectivity index (χ2n) is 4.55. The van der Waals surface area contributed by atoms with E-state index in [9.17, 15) is 10.4 Å². The first-order valence-corrected chi connectivity index (χ1v) is 6.39. The van der Waals surface area contributed by atoms with Crippen molar-refractivity contribution in [3.63, 3.8) is 0 Å². The summed E-state index contributed by atoms with van der Waals surface area (Å²) in [5.74, 6) is 0. The third-order valence-corrected chi connectivity index (χ3v) is 4.24. The van der Waals surface area contributed by atoms with Crippen molar-refractivity contribution in [1.82, 2.24) is 0 Å². The van der Waals surface area contributed by atoms with Crippen molar-refractivity contribution in [1.29, 1.82) is 5.26 Å². The maximum absolute atomic E-state index is 10.4. The standard InChI is InChI=1S/C13H13Cl2NO/c14-10-4-3-9(7-11(10)15)12(17)13(8-16)5-1-2-6-13/h3-4,7,12,17H,1-2,5-6H2. The number of nitrogens with zero attached hydrogens (tertiary/aromatic N) is 1. The van der Waals surface area contributed by atoms with E-state index < -0.39 is 11.5 Å². The molecule has 0 aromatic heterocycles. The number of aliphatic hydroxyl groups excluding tert-OH is 1. The molecule has 90 valence electrons.